The Kier molecular flexibility index (Phi) is 2.72. The van der Waals surface area contributed by atoms with Crippen molar-refractivity contribution in [1.29, 1.82) is 0 Å². The normalized spacial score (nSPS) is 10.3. The van der Waals surface area contributed by atoms with E-state index in [1.807, 2.05) is 18.2 Å². The Balaban J connectivity index is 2.49. The molecule has 66 valence electrons. The molecule has 13 heavy (non-hydrogen) atoms. The SMILES string of the molecule is Clc1cc(-c2cccs2)ccc1Br. The van der Waals surface area contributed by atoms with Crippen LogP contribution in [0.5, 0.6) is 0 Å². The molecule has 0 nitrogen and oxygen atoms in total. The fraction of sp³-hybridized carbons (Fsp3) is 0. The van der Waals surface area contributed by atoms with Crippen LogP contribution in [0.1, 0.15) is 0 Å². The quantitative estimate of drug-likeness (QED) is 0.698. The molecule has 0 fully saturated rings. The van der Waals surface area contributed by atoms with Crippen LogP contribution in [0.3, 0.4) is 0 Å². The van der Waals surface area contributed by atoms with Crippen LogP contribution < -0.4 is 0 Å². The third-order valence-electron chi connectivity index (χ3n) is 1.73. The molecular formula is C10H6BrClS. The van der Waals surface area contributed by atoms with E-state index in [9.17, 15) is 0 Å². The van der Waals surface area contributed by atoms with Crippen molar-refractivity contribution in [2.75, 3.05) is 0 Å². The minimum atomic E-state index is 0.755. The monoisotopic (exact) mass is 272 g/mol. The molecule has 0 N–H and O–H groups in total. The van der Waals surface area contributed by atoms with Crippen molar-refractivity contribution in [3.63, 3.8) is 0 Å². The van der Waals surface area contributed by atoms with E-state index in [-0.39, 0.29) is 0 Å². The van der Waals surface area contributed by atoms with Gasteiger partial charge in [-0.05, 0) is 45.1 Å². The first-order valence-corrected chi connectivity index (χ1v) is 5.81. The molecule has 0 aliphatic heterocycles. The third kappa shape index (κ3) is 1.96. The Bertz CT molecular complexity index is 409. The zero-order valence-electron chi connectivity index (χ0n) is 6.63. The van der Waals surface area contributed by atoms with Crippen molar-refractivity contribution in [3.8, 4) is 10.4 Å². The third-order valence-corrected chi connectivity index (χ3v) is 3.88. The number of rotatable bonds is 1. The highest BCUT2D eigenvalue weighted by atomic mass is 79.9. The van der Waals surface area contributed by atoms with Crippen LogP contribution in [0.2, 0.25) is 5.02 Å². The number of hydrogen-bond acceptors (Lipinski definition) is 1. The van der Waals surface area contributed by atoms with Crippen LogP contribution in [-0.4, -0.2) is 0 Å². The summed E-state index contributed by atoms with van der Waals surface area (Å²) in [4.78, 5) is 1.24. The summed E-state index contributed by atoms with van der Waals surface area (Å²) in [5.41, 5.74) is 1.17. The zero-order valence-corrected chi connectivity index (χ0v) is 9.79. The molecule has 0 atom stereocenters. The largest absolute Gasteiger partial charge is 0.144 e. The standard InChI is InChI=1S/C10H6BrClS/c11-8-4-3-7(6-9(8)12)10-2-1-5-13-10/h1-6H. The topological polar surface area (TPSA) is 0 Å². The second-order valence-electron chi connectivity index (χ2n) is 2.61. The summed E-state index contributed by atoms with van der Waals surface area (Å²) in [6.45, 7) is 0. The van der Waals surface area contributed by atoms with Crippen LogP contribution in [0.15, 0.2) is 40.2 Å². The molecule has 0 amide bonds. The first-order chi connectivity index (χ1) is 6.27. The second-order valence-corrected chi connectivity index (χ2v) is 4.82. The molecule has 0 radical (unpaired) electrons. The number of halogens is 2. The Morgan fingerprint density at radius 3 is 2.69 bits per heavy atom. The predicted octanol–water partition coefficient (Wildman–Crippen LogP) is 4.83. The van der Waals surface area contributed by atoms with Gasteiger partial charge in [0.1, 0.15) is 0 Å². The Hall–Kier alpha value is -0.310. The molecule has 2 aromatic rings. The van der Waals surface area contributed by atoms with Gasteiger partial charge in [-0.2, -0.15) is 0 Å². The van der Waals surface area contributed by atoms with Gasteiger partial charge >= 0.3 is 0 Å². The summed E-state index contributed by atoms with van der Waals surface area (Å²) in [6.07, 6.45) is 0. The highest BCUT2D eigenvalue weighted by Crippen LogP contribution is 2.30. The van der Waals surface area contributed by atoms with Gasteiger partial charge in [0.15, 0.2) is 0 Å². The molecule has 2 rings (SSSR count). The average molecular weight is 274 g/mol. The van der Waals surface area contributed by atoms with E-state index in [0.717, 1.165) is 9.50 Å². The van der Waals surface area contributed by atoms with Crippen LogP contribution >= 0.6 is 38.9 Å². The molecule has 1 aromatic carbocycles. The Morgan fingerprint density at radius 2 is 2.08 bits per heavy atom. The van der Waals surface area contributed by atoms with Gasteiger partial charge in [-0.3, -0.25) is 0 Å². The molecule has 0 aliphatic rings. The maximum atomic E-state index is 5.99. The smallest absolute Gasteiger partial charge is 0.0554 e. The lowest BCUT2D eigenvalue weighted by molar-refractivity contribution is 1.64. The van der Waals surface area contributed by atoms with Crippen LogP contribution in [0.4, 0.5) is 0 Å². The van der Waals surface area contributed by atoms with Gasteiger partial charge < -0.3 is 0 Å². The summed E-state index contributed by atoms with van der Waals surface area (Å²) < 4.78 is 0.939. The van der Waals surface area contributed by atoms with Crippen molar-refractivity contribution < 1.29 is 0 Å². The van der Waals surface area contributed by atoms with Gasteiger partial charge in [-0.15, -0.1) is 11.3 Å². The van der Waals surface area contributed by atoms with E-state index in [1.165, 1.54) is 10.4 Å². The summed E-state index contributed by atoms with van der Waals surface area (Å²) in [5.74, 6) is 0. The lowest BCUT2D eigenvalue weighted by Gasteiger charge is -1.99. The van der Waals surface area contributed by atoms with E-state index >= 15 is 0 Å². The molecule has 0 saturated carbocycles. The highest BCUT2D eigenvalue weighted by Gasteiger charge is 2.01. The van der Waals surface area contributed by atoms with Gasteiger partial charge in [-0.25, -0.2) is 0 Å². The van der Waals surface area contributed by atoms with Crippen molar-refractivity contribution in [3.05, 3.63) is 45.2 Å². The second kappa shape index (κ2) is 3.82. The zero-order chi connectivity index (χ0) is 9.26. The maximum Gasteiger partial charge on any atom is 0.0554 e. The summed E-state index contributed by atoms with van der Waals surface area (Å²) in [7, 11) is 0. The fourth-order valence-corrected chi connectivity index (χ4v) is 2.24. The van der Waals surface area contributed by atoms with Crippen LogP contribution in [0, 0.1) is 0 Å². The highest BCUT2D eigenvalue weighted by molar-refractivity contribution is 9.10. The van der Waals surface area contributed by atoms with Gasteiger partial charge in [0.25, 0.3) is 0 Å². The lowest BCUT2D eigenvalue weighted by atomic mass is 10.2. The van der Waals surface area contributed by atoms with E-state index in [1.54, 1.807) is 11.3 Å². The minimum Gasteiger partial charge on any atom is -0.144 e. The molecule has 0 spiro atoms. The predicted molar refractivity (Wildman–Crippen MR) is 62.5 cm³/mol. The lowest BCUT2D eigenvalue weighted by Crippen LogP contribution is -1.73. The molecule has 3 heteroatoms. The first-order valence-electron chi connectivity index (χ1n) is 3.76. The molecule has 0 saturated heterocycles. The first kappa shape index (κ1) is 9.25. The number of benzene rings is 1. The van der Waals surface area contributed by atoms with Crippen molar-refractivity contribution in [2.45, 2.75) is 0 Å². The molecule has 0 unspecified atom stereocenters. The summed E-state index contributed by atoms with van der Waals surface area (Å²) in [5, 5.41) is 2.82. The van der Waals surface area contributed by atoms with E-state index in [2.05, 4.69) is 33.4 Å². The number of thiophene rings is 1. The van der Waals surface area contributed by atoms with E-state index < -0.39 is 0 Å². The molecule has 1 aromatic heterocycles. The van der Waals surface area contributed by atoms with Crippen LogP contribution in [-0.2, 0) is 0 Å². The van der Waals surface area contributed by atoms with Crippen molar-refractivity contribution in [1.82, 2.24) is 0 Å². The number of hydrogen-bond donors (Lipinski definition) is 0. The van der Waals surface area contributed by atoms with Gasteiger partial charge in [0.05, 0.1) is 5.02 Å². The maximum absolute atomic E-state index is 5.99. The summed E-state index contributed by atoms with van der Waals surface area (Å²) >= 11 is 11.1. The van der Waals surface area contributed by atoms with Gasteiger partial charge in [0.2, 0.25) is 0 Å². The van der Waals surface area contributed by atoms with E-state index in [0.29, 0.717) is 0 Å². The van der Waals surface area contributed by atoms with Gasteiger partial charge in [-0.1, -0.05) is 23.7 Å². The van der Waals surface area contributed by atoms with Gasteiger partial charge in [0, 0.05) is 9.35 Å². The molecule has 0 bridgehead atoms. The molecule has 0 aliphatic carbocycles. The minimum absolute atomic E-state index is 0.755. The van der Waals surface area contributed by atoms with E-state index in [4.69, 9.17) is 11.6 Å². The fourth-order valence-electron chi connectivity index (χ4n) is 1.09. The Morgan fingerprint density at radius 1 is 1.23 bits per heavy atom. The molecule has 1 heterocycles. The van der Waals surface area contributed by atoms with Crippen molar-refractivity contribution >= 4 is 38.9 Å². The summed E-state index contributed by atoms with van der Waals surface area (Å²) in [6, 6.07) is 10.1. The average Bonchev–Trinajstić information content (AvgIpc) is 2.62. The van der Waals surface area contributed by atoms with Crippen LogP contribution in [0.25, 0.3) is 10.4 Å². The van der Waals surface area contributed by atoms with Crippen molar-refractivity contribution in [2.24, 2.45) is 0 Å². The Labute approximate surface area is 94.3 Å². The molecular weight excluding hydrogens is 268 g/mol.